The molecule has 2 aromatic carbocycles. The summed E-state index contributed by atoms with van der Waals surface area (Å²) in [6, 6.07) is 12.7. The number of pyridine rings is 1. The zero-order valence-corrected chi connectivity index (χ0v) is 17.2. The number of nitrogens with zero attached hydrogens (tertiary/aromatic N) is 1. The lowest BCUT2D eigenvalue weighted by molar-refractivity contribution is 0.102. The van der Waals surface area contributed by atoms with Crippen LogP contribution in [0.25, 0.3) is 10.9 Å². The van der Waals surface area contributed by atoms with Gasteiger partial charge < -0.3 is 15.0 Å². The summed E-state index contributed by atoms with van der Waals surface area (Å²) in [6.07, 6.45) is 6.41. The summed E-state index contributed by atoms with van der Waals surface area (Å²) in [6.45, 7) is 2.61. The normalized spacial score (nSPS) is 11.0. The Labute approximate surface area is 175 Å². The lowest BCUT2D eigenvalue weighted by atomic mass is 10.1. The van der Waals surface area contributed by atoms with E-state index >= 15 is 0 Å². The number of nitrogens with one attached hydrogen (secondary N) is 1. The van der Waals surface area contributed by atoms with Crippen LogP contribution in [0.15, 0.2) is 53.3 Å². The minimum absolute atomic E-state index is 0.0445. The summed E-state index contributed by atoms with van der Waals surface area (Å²) >= 11 is 0. The number of aryl methyl sites for hydroxylation is 1. The van der Waals surface area contributed by atoms with E-state index in [1.54, 1.807) is 30.3 Å². The van der Waals surface area contributed by atoms with Gasteiger partial charge in [-0.1, -0.05) is 63.3 Å². The highest BCUT2D eigenvalue weighted by molar-refractivity contribution is 6.09. The second-order valence-corrected chi connectivity index (χ2v) is 7.40. The monoisotopic (exact) mass is 410 g/mol. The second kappa shape index (κ2) is 10.1. The molecule has 6 heteroatoms. The van der Waals surface area contributed by atoms with Gasteiger partial charge in [-0.2, -0.15) is 0 Å². The molecule has 0 aliphatic rings. The first-order valence-corrected chi connectivity index (χ1v) is 10.4. The minimum atomic E-state index is -0.829. The van der Waals surface area contributed by atoms with Crippen LogP contribution in [0.4, 0.5) is 10.1 Å². The third-order valence-corrected chi connectivity index (χ3v) is 5.23. The largest absolute Gasteiger partial charge is 0.506 e. The smallest absolute Gasteiger partial charge is 0.267 e. The summed E-state index contributed by atoms with van der Waals surface area (Å²) in [4.78, 5) is 25.9. The van der Waals surface area contributed by atoms with Crippen molar-refractivity contribution in [3.8, 4) is 5.75 Å². The number of rotatable bonds is 9. The number of aromatic hydroxyl groups is 1. The van der Waals surface area contributed by atoms with E-state index in [2.05, 4.69) is 12.2 Å². The van der Waals surface area contributed by atoms with Gasteiger partial charge in [0.05, 0.1) is 11.2 Å². The van der Waals surface area contributed by atoms with Crippen LogP contribution in [0.5, 0.6) is 5.75 Å². The van der Waals surface area contributed by atoms with Gasteiger partial charge in [-0.25, -0.2) is 4.39 Å². The van der Waals surface area contributed by atoms with E-state index in [-0.39, 0.29) is 17.0 Å². The number of anilines is 1. The molecular weight excluding hydrogens is 383 g/mol. The average Bonchev–Trinajstić information content (AvgIpc) is 2.74. The third-order valence-electron chi connectivity index (χ3n) is 5.23. The standard InChI is InChI=1S/C24H27FN2O3/c1-2-3-4-5-6-11-16-27-20-15-10-7-12-17(20)22(28)21(24(27)30)23(29)26-19-14-9-8-13-18(19)25/h7-10,12-15,28H,2-6,11,16H2,1H3,(H,26,29). The first kappa shape index (κ1) is 21.6. The van der Waals surface area contributed by atoms with Gasteiger partial charge in [0.2, 0.25) is 0 Å². The Morgan fingerprint density at radius 3 is 2.43 bits per heavy atom. The van der Waals surface area contributed by atoms with Crippen LogP contribution in [0.1, 0.15) is 55.8 Å². The van der Waals surface area contributed by atoms with Crippen LogP contribution in [-0.4, -0.2) is 15.6 Å². The second-order valence-electron chi connectivity index (χ2n) is 7.40. The van der Waals surface area contributed by atoms with Crippen molar-refractivity contribution in [1.29, 1.82) is 0 Å². The Hall–Kier alpha value is -3.15. The van der Waals surface area contributed by atoms with Gasteiger partial charge in [0.1, 0.15) is 17.1 Å². The molecule has 0 saturated heterocycles. The number of fused-ring (bicyclic) bond motifs is 1. The lowest BCUT2D eigenvalue weighted by Gasteiger charge is -2.15. The molecule has 0 aliphatic heterocycles. The highest BCUT2D eigenvalue weighted by Crippen LogP contribution is 2.27. The van der Waals surface area contributed by atoms with E-state index in [4.69, 9.17) is 0 Å². The Balaban J connectivity index is 1.93. The molecule has 158 valence electrons. The molecule has 0 unspecified atom stereocenters. The van der Waals surface area contributed by atoms with Crippen molar-refractivity contribution in [2.24, 2.45) is 0 Å². The van der Waals surface area contributed by atoms with E-state index in [9.17, 15) is 19.1 Å². The summed E-state index contributed by atoms with van der Waals surface area (Å²) in [5.41, 5.74) is -0.413. The Morgan fingerprint density at radius 2 is 1.67 bits per heavy atom. The molecule has 0 bridgehead atoms. The van der Waals surface area contributed by atoms with Gasteiger partial charge in [0, 0.05) is 11.9 Å². The average molecular weight is 410 g/mol. The molecule has 3 aromatic rings. The maximum absolute atomic E-state index is 13.9. The minimum Gasteiger partial charge on any atom is -0.506 e. The summed E-state index contributed by atoms with van der Waals surface area (Å²) in [5, 5.41) is 13.5. The quantitative estimate of drug-likeness (QED) is 0.460. The molecule has 0 fully saturated rings. The number of halogens is 1. The van der Waals surface area contributed by atoms with Crippen molar-refractivity contribution in [3.63, 3.8) is 0 Å². The molecule has 1 amide bonds. The van der Waals surface area contributed by atoms with Gasteiger partial charge in [-0.05, 0) is 30.7 Å². The Kier molecular flexibility index (Phi) is 7.22. The first-order chi connectivity index (χ1) is 14.5. The number of amides is 1. The molecule has 0 aliphatic carbocycles. The van der Waals surface area contributed by atoms with E-state index in [1.165, 1.54) is 35.6 Å². The lowest BCUT2D eigenvalue weighted by Crippen LogP contribution is -2.30. The third kappa shape index (κ3) is 4.70. The van der Waals surface area contributed by atoms with Gasteiger partial charge in [0.15, 0.2) is 0 Å². The van der Waals surface area contributed by atoms with Crippen molar-refractivity contribution < 1.29 is 14.3 Å². The molecule has 0 spiro atoms. The predicted octanol–water partition coefficient (Wildman–Crippen LogP) is 5.46. The van der Waals surface area contributed by atoms with E-state index < -0.39 is 17.3 Å². The van der Waals surface area contributed by atoms with E-state index in [1.807, 2.05) is 0 Å². The van der Waals surface area contributed by atoms with Crippen LogP contribution in [-0.2, 0) is 6.54 Å². The molecule has 3 rings (SSSR count). The van der Waals surface area contributed by atoms with Gasteiger partial charge in [0.25, 0.3) is 11.5 Å². The van der Waals surface area contributed by atoms with Crippen LogP contribution in [0, 0.1) is 5.82 Å². The fourth-order valence-corrected chi connectivity index (χ4v) is 3.61. The molecule has 5 nitrogen and oxygen atoms in total. The first-order valence-electron chi connectivity index (χ1n) is 10.4. The number of carbonyl (C=O) groups is 1. The fraction of sp³-hybridized carbons (Fsp3) is 0.333. The van der Waals surface area contributed by atoms with E-state index in [0.29, 0.717) is 17.4 Å². The zero-order valence-electron chi connectivity index (χ0n) is 17.2. The summed E-state index contributed by atoms with van der Waals surface area (Å²) in [5.74, 6) is -1.83. The maximum atomic E-state index is 13.9. The van der Waals surface area contributed by atoms with Crippen LogP contribution >= 0.6 is 0 Å². The molecule has 0 radical (unpaired) electrons. The SMILES string of the molecule is CCCCCCCCn1c(=O)c(C(=O)Nc2ccccc2F)c(O)c2ccccc21. The van der Waals surface area contributed by atoms with Crippen LogP contribution < -0.4 is 10.9 Å². The Morgan fingerprint density at radius 1 is 1.00 bits per heavy atom. The number of para-hydroxylation sites is 2. The number of benzene rings is 2. The highest BCUT2D eigenvalue weighted by atomic mass is 19.1. The van der Waals surface area contributed by atoms with Crippen molar-refractivity contribution >= 4 is 22.5 Å². The Bertz CT molecular complexity index is 1090. The topological polar surface area (TPSA) is 71.3 Å². The van der Waals surface area contributed by atoms with Gasteiger partial charge >= 0.3 is 0 Å². The maximum Gasteiger partial charge on any atom is 0.267 e. The van der Waals surface area contributed by atoms with Crippen molar-refractivity contribution in [3.05, 3.63) is 70.3 Å². The molecule has 2 N–H and O–H groups in total. The van der Waals surface area contributed by atoms with Crippen molar-refractivity contribution in [2.75, 3.05) is 5.32 Å². The van der Waals surface area contributed by atoms with Crippen LogP contribution in [0.2, 0.25) is 0 Å². The number of hydrogen-bond acceptors (Lipinski definition) is 3. The number of unbranched alkanes of at least 4 members (excludes halogenated alkanes) is 5. The number of hydrogen-bond donors (Lipinski definition) is 2. The van der Waals surface area contributed by atoms with E-state index in [0.717, 1.165) is 25.7 Å². The van der Waals surface area contributed by atoms with Gasteiger partial charge in [-0.15, -0.1) is 0 Å². The zero-order chi connectivity index (χ0) is 21.5. The molecule has 1 aromatic heterocycles. The molecule has 0 atom stereocenters. The molecule has 30 heavy (non-hydrogen) atoms. The molecule has 1 heterocycles. The summed E-state index contributed by atoms with van der Waals surface area (Å²) in [7, 11) is 0. The summed E-state index contributed by atoms with van der Waals surface area (Å²) < 4.78 is 15.5. The number of carbonyl (C=O) groups excluding carboxylic acids is 1. The fourth-order valence-electron chi connectivity index (χ4n) is 3.61. The van der Waals surface area contributed by atoms with Crippen molar-refractivity contribution in [2.45, 2.75) is 52.0 Å². The van der Waals surface area contributed by atoms with Crippen molar-refractivity contribution in [1.82, 2.24) is 4.57 Å². The number of aromatic nitrogens is 1. The van der Waals surface area contributed by atoms with Gasteiger partial charge in [-0.3, -0.25) is 9.59 Å². The highest BCUT2D eigenvalue weighted by Gasteiger charge is 2.22. The predicted molar refractivity (Wildman–Crippen MR) is 118 cm³/mol. The van der Waals surface area contributed by atoms with Crippen LogP contribution in [0.3, 0.4) is 0 Å². The molecule has 0 saturated carbocycles. The molecular formula is C24H27FN2O3.